The largest absolute Gasteiger partial charge is 0.354 e. The molecule has 1 aromatic carbocycles. The predicted molar refractivity (Wildman–Crippen MR) is 91.0 cm³/mol. The second-order valence-corrected chi connectivity index (χ2v) is 6.77. The van der Waals surface area contributed by atoms with E-state index in [1.165, 1.54) is 36.8 Å². The van der Waals surface area contributed by atoms with E-state index < -0.39 is 0 Å². The average Bonchev–Trinajstić information content (AvgIpc) is 3.04. The van der Waals surface area contributed by atoms with Crippen molar-refractivity contribution in [2.24, 2.45) is 5.92 Å². The van der Waals surface area contributed by atoms with Gasteiger partial charge in [-0.25, -0.2) is 9.97 Å². The summed E-state index contributed by atoms with van der Waals surface area (Å²) in [4.78, 5) is 9.36. The van der Waals surface area contributed by atoms with E-state index in [9.17, 15) is 0 Å². The van der Waals surface area contributed by atoms with Crippen LogP contribution >= 0.6 is 11.8 Å². The summed E-state index contributed by atoms with van der Waals surface area (Å²) < 4.78 is 0. The monoisotopic (exact) mass is 301 g/mol. The van der Waals surface area contributed by atoms with Crippen LogP contribution in [0.2, 0.25) is 0 Å². The summed E-state index contributed by atoms with van der Waals surface area (Å²) in [5, 5.41) is 5.63. The Hall–Kier alpha value is -1.29. The summed E-state index contributed by atoms with van der Waals surface area (Å²) in [5.41, 5.74) is 1.04. The highest BCUT2D eigenvalue weighted by Gasteiger charge is 2.16. The van der Waals surface area contributed by atoms with Crippen molar-refractivity contribution in [1.29, 1.82) is 0 Å². The van der Waals surface area contributed by atoms with E-state index in [-0.39, 0.29) is 0 Å². The van der Waals surface area contributed by atoms with Gasteiger partial charge in [0.05, 0.1) is 5.52 Å². The van der Waals surface area contributed by atoms with Crippen LogP contribution in [0.5, 0.6) is 0 Å². The molecule has 2 aromatic rings. The van der Waals surface area contributed by atoms with Gasteiger partial charge >= 0.3 is 0 Å². The van der Waals surface area contributed by atoms with Crippen molar-refractivity contribution in [3.8, 4) is 0 Å². The molecule has 1 aliphatic carbocycles. The van der Waals surface area contributed by atoms with Crippen molar-refractivity contribution in [3.05, 3.63) is 24.3 Å². The first kappa shape index (κ1) is 14.6. The van der Waals surface area contributed by atoms with E-state index in [2.05, 4.69) is 35.4 Å². The Morgan fingerprint density at radius 3 is 2.81 bits per heavy atom. The van der Waals surface area contributed by atoms with Gasteiger partial charge < -0.3 is 5.32 Å². The van der Waals surface area contributed by atoms with Crippen LogP contribution in [0.15, 0.2) is 29.3 Å². The summed E-state index contributed by atoms with van der Waals surface area (Å²) in [7, 11) is 0. The molecule has 0 unspecified atom stereocenters. The Morgan fingerprint density at radius 2 is 2.00 bits per heavy atom. The summed E-state index contributed by atoms with van der Waals surface area (Å²) >= 11 is 1.90. The third-order valence-electron chi connectivity index (χ3n) is 4.03. The SMILES string of the molecule is CCCNc1nc(SCC2CCCC2)c2ccccc2n1. The summed E-state index contributed by atoms with van der Waals surface area (Å²) in [6.45, 7) is 3.08. The van der Waals surface area contributed by atoms with Crippen molar-refractivity contribution in [3.63, 3.8) is 0 Å². The molecule has 4 heteroatoms. The fourth-order valence-corrected chi connectivity index (χ4v) is 4.05. The Morgan fingerprint density at radius 1 is 1.19 bits per heavy atom. The maximum absolute atomic E-state index is 4.74. The second-order valence-electron chi connectivity index (χ2n) is 5.76. The molecule has 0 saturated heterocycles. The third kappa shape index (κ3) is 3.67. The number of anilines is 1. The van der Waals surface area contributed by atoms with Gasteiger partial charge in [-0.3, -0.25) is 0 Å². The molecule has 21 heavy (non-hydrogen) atoms. The van der Waals surface area contributed by atoms with Gasteiger partial charge in [-0.2, -0.15) is 0 Å². The topological polar surface area (TPSA) is 37.8 Å². The van der Waals surface area contributed by atoms with E-state index in [0.29, 0.717) is 0 Å². The fourth-order valence-electron chi connectivity index (χ4n) is 2.85. The molecular formula is C17H23N3S. The molecule has 1 fully saturated rings. The molecule has 1 aromatic heterocycles. The first-order valence-corrected chi connectivity index (χ1v) is 8.99. The number of para-hydroxylation sites is 1. The van der Waals surface area contributed by atoms with E-state index in [1.807, 2.05) is 17.8 Å². The van der Waals surface area contributed by atoms with Crippen molar-refractivity contribution in [2.75, 3.05) is 17.6 Å². The molecule has 0 aliphatic heterocycles. The second kappa shape index (κ2) is 7.12. The van der Waals surface area contributed by atoms with Crippen molar-refractivity contribution in [1.82, 2.24) is 9.97 Å². The molecule has 0 radical (unpaired) electrons. The van der Waals surface area contributed by atoms with Gasteiger partial charge in [-0.1, -0.05) is 38.0 Å². The lowest BCUT2D eigenvalue weighted by Gasteiger charge is -2.11. The highest BCUT2D eigenvalue weighted by molar-refractivity contribution is 7.99. The van der Waals surface area contributed by atoms with Crippen LogP contribution in [0.25, 0.3) is 10.9 Å². The minimum absolute atomic E-state index is 0.768. The maximum atomic E-state index is 4.74. The smallest absolute Gasteiger partial charge is 0.224 e. The van der Waals surface area contributed by atoms with Gasteiger partial charge in [0.1, 0.15) is 5.03 Å². The molecule has 3 rings (SSSR count). The molecule has 1 heterocycles. The molecule has 112 valence electrons. The minimum Gasteiger partial charge on any atom is -0.354 e. The number of nitrogens with one attached hydrogen (secondary N) is 1. The number of hydrogen-bond acceptors (Lipinski definition) is 4. The Labute approximate surface area is 131 Å². The van der Waals surface area contributed by atoms with Gasteiger partial charge in [0.2, 0.25) is 5.95 Å². The van der Waals surface area contributed by atoms with Crippen LogP contribution in [0.1, 0.15) is 39.0 Å². The number of benzene rings is 1. The van der Waals surface area contributed by atoms with Crippen molar-refractivity contribution in [2.45, 2.75) is 44.1 Å². The number of rotatable bonds is 6. The standard InChI is InChI=1S/C17H23N3S/c1-2-11-18-17-19-15-10-6-5-9-14(15)16(20-17)21-12-13-7-3-4-8-13/h5-6,9-10,13H,2-4,7-8,11-12H2,1H3,(H,18,19,20). The summed E-state index contributed by atoms with van der Waals surface area (Å²) in [6, 6.07) is 8.33. The Kier molecular flexibility index (Phi) is 4.96. The maximum Gasteiger partial charge on any atom is 0.224 e. The molecule has 1 N–H and O–H groups in total. The van der Waals surface area contributed by atoms with Crippen LogP contribution in [-0.2, 0) is 0 Å². The van der Waals surface area contributed by atoms with E-state index in [0.717, 1.165) is 35.4 Å². The van der Waals surface area contributed by atoms with Crippen LogP contribution in [0.4, 0.5) is 5.95 Å². The van der Waals surface area contributed by atoms with Crippen molar-refractivity contribution < 1.29 is 0 Å². The van der Waals surface area contributed by atoms with Gasteiger partial charge in [0.25, 0.3) is 0 Å². The summed E-state index contributed by atoms with van der Waals surface area (Å²) in [5.74, 6) is 2.83. The zero-order valence-electron chi connectivity index (χ0n) is 12.6. The molecular weight excluding hydrogens is 278 g/mol. The van der Waals surface area contributed by atoms with Crippen LogP contribution < -0.4 is 5.32 Å². The number of fused-ring (bicyclic) bond motifs is 1. The molecule has 0 bridgehead atoms. The lowest BCUT2D eigenvalue weighted by molar-refractivity contribution is 0.623. The molecule has 3 nitrogen and oxygen atoms in total. The molecule has 0 amide bonds. The number of hydrogen-bond donors (Lipinski definition) is 1. The number of nitrogens with zero attached hydrogens (tertiary/aromatic N) is 2. The number of aromatic nitrogens is 2. The Bertz CT molecular complexity index is 594. The average molecular weight is 301 g/mol. The number of thioether (sulfide) groups is 1. The van der Waals surface area contributed by atoms with Crippen LogP contribution in [0.3, 0.4) is 0 Å². The zero-order chi connectivity index (χ0) is 14.5. The van der Waals surface area contributed by atoms with Crippen molar-refractivity contribution >= 4 is 28.6 Å². The molecule has 1 aliphatic rings. The first-order chi connectivity index (χ1) is 10.4. The highest BCUT2D eigenvalue weighted by Crippen LogP contribution is 2.33. The Balaban J connectivity index is 1.82. The lowest BCUT2D eigenvalue weighted by Crippen LogP contribution is -2.06. The van der Waals surface area contributed by atoms with E-state index in [4.69, 9.17) is 4.98 Å². The van der Waals surface area contributed by atoms with Crippen LogP contribution in [0, 0.1) is 5.92 Å². The van der Waals surface area contributed by atoms with Gasteiger partial charge in [-0.05, 0) is 31.2 Å². The molecule has 0 atom stereocenters. The first-order valence-electron chi connectivity index (χ1n) is 8.00. The zero-order valence-corrected chi connectivity index (χ0v) is 13.5. The molecule has 1 saturated carbocycles. The quantitative estimate of drug-likeness (QED) is 0.618. The molecule has 0 spiro atoms. The lowest BCUT2D eigenvalue weighted by atomic mass is 10.1. The normalized spacial score (nSPS) is 15.7. The third-order valence-corrected chi connectivity index (χ3v) is 5.25. The van der Waals surface area contributed by atoms with E-state index >= 15 is 0 Å². The van der Waals surface area contributed by atoms with E-state index in [1.54, 1.807) is 0 Å². The van der Waals surface area contributed by atoms with Crippen LogP contribution in [-0.4, -0.2) is 22.3 Å². The van der Waals surface area contributed by atoms with Gasteiger partial charge in [-0.15, -0.1) is 11.8 Å². The predicted octanol–water partition coefficient (Wildman–Crippen LogP) is 4.73. The summed E-state index contributed by atoms with van der Waals surface area (Å²) in [6.07, 6.45) is 6.66. The van der Waals surface area contributed by atoms with Gasteiger partial charge in [0.15, 0.2) is 0 Å². The fraction of sp³-hybridized carbons (Fsp3) is 0.529. The highest BCUT2D eigenvalue weighted by atomic mass is 32.2. The van der Waals surface area contributed by atoms with Gasteiger partial charge in [0, 0.05) is 17.7 Å². The minimum atomic E-state index is 0.768.